The minimum Gasteiger partial charge on any atom is -0.323 e. The lowest BCUT2D eigenvalue weighted by Gasteiger charge is -2.24. The average Bonchev–Trinajstić information content (AvgIpc) is 2.84. The highest BCUT2D eigenvalue weighted by Crippen LogP contribution is 2.38. The third-order valence-electron chi connectivity index (χ3n) is 3.88. The topological polar surface area (TPSA) is 15.6 Å². The quantitative estimate of drug-likeness (QED) is 0.683. The van der Waals surface area contributed by atoms with Gasteiger partial charge >= 0.3 is 0 Å². The van der Waals surface area contributed by atoms with Gasteiger partial charge in [0.15, 0.2) is 0 Å². The number of benzene rings is 2. The normalized spacial score (nSPS) is 20.0. The van der Waals surface area contributed by atoms with Crippen molar-refractivity contribution in [3.63, 3.8) is 0 Å². The minimum atomic E-state index is 0.379. The molecule has 2 heterocycles. The second kappa shape index (κ2) is 3.70. The molecular weight excluding hydrogens is 220 g/mol. The van der Waals surface area contributed by atoms with E-state index in [9.17, 15) is 0 Å². The molecule has 2 aliphatic rings. The Hall–Kier alpha value is -2.09. The maximum absolute atomic E-state index is 4.47. The number of hydrogen-bond acceptors (Lipinski definition) is 2. The molecule has 0 radical (unpaired) electrons. The first kappa shape index (κ1) is 9.89. The summed E-state index contributed by atoms with van der Waals surface area (Å²) in [5, 5.41) is 0. The van der Waals surface area contributed by atoms with Crippen LogP contribution in [0.2, 0.25) is 0 Å². The van der Waals surface area contributed by atoms with Crippen LogP contribution in [0.3, 0.4) is 0 Å². The standard InChI is InChI=1S/C16H14N2/c1-3-7-14-12(5-1)9-13-6-2-4-8-15(13)18-11-17-10-16(14)18/h1-8,11,16H,9-10H2. The summed E-state index contributed by atoms with van der Waals surface area (Å²) in [5.74, 6) is 0. The first-order valence-corrected chi connectivity index (χ1v) is 6.37. The van der Waals surface area contributed by atoms with Gasteiger partial charge < -0.3 is 4.90 Å². The van der Waals surface area contributed by atoms with Crippen molar-refractivity contribution in [1.29, 1.82) is 0 Å². The van der Waals surface area contributed by atoms with E-state index in [-0.39, 0.29) is 0 Å². The van der Waals surface area contributed by atoms with Crippen molar-refractivity contribution in [2.45, 2.75) is 12.5 Å². The SMILES string of the molecule is C1=NCC2c3ccccc3Cc3ccccc3N12. The molecule has 2 aliphatic heterocycles. The number of fused-ring (bicyclic) bond motifs is 5. The van der Waals surface area contributed by atoms with Crippen LogP contribution in [0.4, 0.5) is 5.69 Å². The Morgan fingerprint density at radius 2 is 1.72 bits per heavy atom. The van der Waals surface area contributed by atoms with Crippen molar-refractivity contribution in [2.24, 2.45) is 4.99 Å². The van der Waals surface area contributed by atoms with Gasteiger partial charge in [-0.3, -0.25) is 4.99 Å². The first-order chi connectivity index (χ1) is 8.93. The molecule has 2 heteroatoms. The number of para-hydroxylation sites is 1. The minimum absolute atomic E-state index is 0.379. The van der Waals surface area contributed by atoms with E-state index in [4.69, 9.17) is 0 Å². The Labute approximate surface area is 107 Å². The van der Waals surface area contributed by atoms with Crippen molar-refractivity contribution in [3.8, 4) is 0 Å². The zero-order chi connectivity index (χ0) is 11.9. The van der Waals surface area contributed by atoms with Crippen LogP contribution in [0, 0.1) is 0 Å². The van der Waals surface area contributed by atoms with Crippen molar-refractivity contribution in [3.05, 3.63) is 65.2 Å². The smallest absolute Gasteiger partial charge is 0.0901 e. The first-order valence-electron chi connectivity index (χ1n) is 6.37. The van der Waals surface area contributed by atoms with E-state index >= 15 is 0 Å². The molecule has 0 saturated carbocycles. The number of rotatable bonds is 0. The van der Waals surface area contributed by atoms with E-state index in [2.05, 4.69) is 58.4 Å². The van der Waals surface area contributed by atoms with Crippen LogP contribution >= 0.6 is 0 Å². The zero-order valence-electron chi connectivity index (χ0n) is 10.1. The molecule has 0 saturated heterocycles. The lowest BCUT2D eigenvalue weighted by Crippen LogP contribution is -2.23. The Morgan fingerprint density at radius 3 is 2.67 bits per heavy atom. The maximum atomic E-state index is 4.47. The van der Waals surface area contributed by atoms with Gasteiger partial charge in [-0.25, -0.2) is 0 Å². The van der Waals surface area contributed by atoms with E-state index in [1.807, 2.05) is 6.34 Å². The van der Waals surface area contributed by atoms with Crippen LogP contribution in [-0.2, 0) is 6.42 Å². The highest BCUT2D eigenvalue weighted by atomic mass is 15.2. The summed E-state index contributed by atoms with van der Waals surface area (Å²) in [6.07, 6.45) is 3.01. The van der Waals surface area contributed by atoms with Crippen molar-refractivity contribution in [2.75, 3.05) is 11.4 Å². The summed E-state index contributed by atoms with van der Waals surface area (Å²) in [7, 11) is 0. The molecule has 2 aromatic rings. The van der Waals surface area contributed by atoms with Gasteiger partial charge in [0.1, 0.15) is 0 Å². The third kappa shape index (κ3) is 1.32. The molecule has 0 aliphatic carbocycles. The fraction of sp³-hybridized carbons (Fsp3) is 0.188. The van der Waals surface area contributed by atoms with E-state index in [1.165, 1.54) is 22.4 Å². The molecule has 0 bridgehead atoms. The monoisotopic (exact) mass is 234 g/mol. The molecular formula is C16H14N2. The highest BCUT2D eigenvalue weighted by Gasteiger charge is 2.29. The summed E-state index contributed by atoms with van der Waals surface area (Å²) in [4.78, 5) is 6.79. The van der Waals surface area contributed by atoms with E-state index in [0.717, 1.165) is 13.0 Å². The summed E-state index contributed by atoms with van der Waals surface area (Å²) >= 11 is 0. The number of nitrogens with zero attached hydrogens (tertiary/aromatic N) is 2. The second-order valence-electron chi connectivity index (χ2n) is 4.91. The van der Waals surface area contributed by atoms with Gasteiger partial charge in [-0.2, -0.15) is 0 Å². The predicted molar refractivity (Wildman–Crippen MR) is 74.3 cm³/mol. The van der Waals surface area contributed by atoms with E-state index in [0.29, 0.717) is 6.04 Å². The lowest BCUT2D eigenvalue weighted by atomic mass is 9.97. The van der Waals surface area contributed by atoms with Crippen LogP contribution in [0.25, 0.3) is 0 Å². The van der Waals surface area contributed by atoms with Crippen molar-refractivity contribution in [1.82, 2.24) is 0 Å². The summed E-state index contributed by atoms with van der Waals surface area (Å²) < 4.78 is 0. The summed E-state index contributed by atoms with van der Waals surface area (Å²) in [6.45, 7) is 0.866. The van der Waals surface area contributed by atoms with Crippen molar-refractivity contribution >= 4 is 12.0 Å². The Kier molecular flexibility index (Phi) is 2.04. The van der Waals surface area contributed by atoms with Gasteiger partial charge in [0.25, 0.3) is 0 Å². The number of hydrogen-bond donors (Lipinski definition) is 0. The number of aliphatic imine (C=N–C) groups is 1. The summed E-state index contributed by atoms with van der Waals surface area (Å²) in [5.41, 5.74) is 5.55. The van der Waals surface area contributed by atoms with Gasteiger partial charge in [0.05, 0.1) is 18.9 Å². The highest BCUT2D eigenvalue weighted by molar-refractivity contribution is 5.85. The molecule has 18 heavy (non-hydrogen) atoms. The van der Waals surface area contributed by atoms with E-state index < -0.39 is 0 Å². The van der Waals surface area contributed by atoms with Gasteiger partial charge in [0, 0.05) is 5.69 Å². The molecule has 0 aromatic heterocycles. The maximum Gasteiger partial charge on any atom is 0.0901 e. The van der Waals surface area contributed by atoms with Crippen LogP contribution in [0.15, 0.2) is 53.5 Å². The lowest BCUT2D eigenvalue weighted by molar-refractivity contribution is 0.771. The van der Waals surface area contributed by atoms with Crippen LogP contribution in [0.1, 0.15) is 22.7 Å². The van der Waals surface area contributed by atoms with Gasteiger partial charge in [-0.15, -0.1) is 0 Å². The molecule has 2 nitrogen and oxygen atoms in total. The molecule has 1 unspecified atom stereocenters. The van der Waals surface area contributed by atoms with Crippen molar-refractivity contribution < 1.29 is 0 Å². The van der Waals surface area contributed by atoms with Crippen LogP contribution in [0.5, 0.6) is 0 Å². The zero-order valence-corrected chi connectivity index (χ0v) is 10.1. The van der Waals surface area contributed by atoms with E-state index in [1.54, 1.807) is 0 Å². The molecule has 4 rings (SSSR count). The fourth-order valence-corrected chi connectivity index (χ4v) is 3.02. The average molecular weight is 234 g/mol. The Morgan fingerprint density at radius 1 is 0.944 bits per heavy atom. The molecule has 0 N–H and O–H groups in total. The fourth-order valence-electron chi connectivity index (χ4n) is 3.02. The van der Waals surface area contributed by atoms with Crippen LogP contribution in [-0.4, -0.2) is 12.9 Å². The molecule has 0 amide bonds. The van der Waals surface area contributed by atoms with Crippen LogP contribution < -0.4 is 4.90 Å². The molecule has 0 fully saturated rings. The Bertz CT molecular complexity index is 630. The molecule has 2 aromatic carbocycles. The number of anilines is 1. The molecule has 88 valence electrons. The molecule has 1 atom stereocenters. The second-order valence-corrected chi connectivity index (χ2v) is 4.91. The van der Waals surface area contributed by atoms with Gasteiger partial charge in [-0.05, 0) is 29.2 Å². The summed E-state index contributed by atoms with van der Waals surface area (Å²) in [6, 6.07) is 17.8. The molecule has 0 spiro atoms. The third-order valence-corrected chi connectivity index (χ3v) is 3.88. The predicted octanol–water partition coefficient (Wildman–Crippen LogP) is 3.18. The largest absolute Gasteiger partial charge is 0.323 e. The van der Waals surface area contributed by atoms with Gasteiger partial charge in [-0.1, -0.05) is 42.5 Å². The Balaban J connectivity index is 1.97. The van der Waals surface area contributed by atoms with Gasteiger partial charge in [0.2, 0.25) is 0 Å².